The van der Waals surface area contributed by atoms with Crippen LogP contribution in [0.25, 0.3) is 21.1 Å². The van der Waals surface area contributed by atoms with Gasteiger partial charge in [0.15, 0.2) is 12.4 Å². The van der Waals surface area contributed by atoms with Crippen molar-refractivity contribution in [1.29, 1.82) is 0 Å². The molecule has 0 aliphatic carbocycles. The summed E-state index contributed by atoms with van der Waals surface area (Å²) in [6.07, 6.45) is 1.43. The third kappa shape index (κ3) is 2.91. The summed E-state index contributed by atoms with van der Waals surface area (Å²) < 4.78 is 6.73. The molecule has 0 bridgehead atoms. The molecule has 136 valence electrons. The smallest absolute Gasteiger partial charge is 0.349 e. The van der Waals surface area contributed by atoms with E-state index in [0.717, 1.165) is 16.7 Å². The molecule has 0 amide bonds. The van der Waals surface area contributed by atoms with Gasteiger partial charge in [-0.3, -0.25) is 4.79 Å². The Kier molecular flexibility index (Phi) is 4.08. The summed E-state index contributed by atoms with van der Waals surface area (Å²) in [5.74, 6) is 0.0950. The lowest BCUT2D eigenvalue weighted by atomic mass is 10.2. The average molecular weight is 381 g/mol. The molecule has 0 spiro atoms. The normalized spacial score (nSPS) is 11.2. The zero-order valence-electron chi connectivity index (χ0n) is 14.6. The lowest BCUT2D eigenvalue weighted by Gasteiger charge is -2.06. The standard InChI is InChI=1S/C18H15N5O3S/c1-9-13-16(20-8-23(2)17(13)24)27-14(9)18(25)26-7-12-21-11-6-4-3-5-10(11)15(19)22-12/h3-6,8H,7H2,1-2H3,(H2,19,21,22). The number of ether oxygens (including phenoxy) is 1. The molecule has 3 heterocycles. The molecule has 0 aliphatic rings. The summed E-state index contributed by atoms with van der Waals surface area (Å²) >= 11 is 1.13. The van der Waals surface area contributed by atoms with E-state index in [1.165, 1.54) is 10.9 Å². The van der Waals surface area contributed by atoms with Crippen LogP contribution < -0.4 is 11.3 Å². The Labute approximate surface area is 157 Å². The van der Waals surface area contributed by atoms with Crippen molar-refractivity contribution in [3.8, 4) is 0 Å². The van der Waals surface area contributed by atoms with Crippen LogP contribution in [-0.4, -0.2) is 25.5 Å². The SMILES string of the molecule is Cc1c(C(=O)OCc2nc(N)c3ccccc3n2)sc2ncn(C)c(=O)c12. The van der Waals surface area contributed by atoms with Crippen LogP contribution in [0.3, 0.4) is 0 Å². The van der Waals surface area contributed by atoms with Gasteiger partial charge < -0.3 is 15.0 Å². The maximum absolute atomic E-state index is 12.5. The van der Waals surface area contributed by atoms with Gasteiger partial charge in [0.1, 0.15) is 15.5 Å². The Morgan fingerprint density at radius 1 is 1.30 bits per heavy atom. The molecule has 8 nitrogen and oxygen atoms in total. The van der Waals surface area contributed by atoms with Crippen LogP contribution in [0.5, 0.6) is 0 Å². The van der Waals surface area contributed by atoms with Crippen molar-refractivity contribution in [2.24, 2.45) is 7.05 Å². The van der Waals surface area contributed by atoms with E-state index in [2.05, 4.69) is 15.0 Å². The maximum Gasteiger partial charge on any atom is 0.349 e. The van der Waals surface area contributed by atoms with Crippen LogP contribution in [0, 0.1) is 6.92 Å². The van der Waals surface area contributed by atoms with Crippen molar-refractivity contribution in [3.63, 3.8) is 0 Å². The third-order valence-corrected chi connectivity index (χ3v) is 5.39. The minimum atomic E-state index is -0.548. The lowest BCUT2D eigenvalue weighted by molar-refractivity contribution is 0.0468. The van der Waals surface area contributed by atoms with Crippen LogP contribution in [0.15, 0.2) is 35.4 Å². The van der Waals surface area contributed by atoms with E-state index < -0.39 is 5.97 Å². The molecule has 27 heavy (non-hydrogen) atoms. The Morgan fingerprint density at radius 2 is 2.07 bits per heavy atom. The van der Waals surface area contributed by atoms with Gasteiger partial charge in [-0.05, 0) is 24.6 Å². The van der Waals surface area contributed by atoms with Gasteiger partial charge in [-0.1, -0.05) is 12.1 Å². The highest BCUT2D eigenvalue weighted by Gasteiger charge is 2.20. The van der Waals surface area contributed by atoms with E-state index in [4.69, 9.17) is 10.5 Å². The molecule has 0 atom stereocenters. The number of carbonyl (C=O) groups is 1. The Morgan fingerprint density at radius 3 is 2.89 bits per heavy atom. The van der Waals surface area contributed by atoms with E-state index in [1.807, 2.05) is 24.3 Å². The van der Waals surface area contributed by atoms with Crippen LogP contribution in [0.4, 0.5) is 5.82 Å². The lowest BCUT2D eigenvalue weighted by Crippen LogP contribution is -2.16. The number of nitrogens with two attached hydrogens (primary N) is 1. The highest BCUT2D eigenvalue weighted by atomic mass is 32.1. The molecule has 0 saturated heterocycles. The molecule has 1 aromatic carbocycles. The fourth-order valence-electron chi connectivity index (χ4n) is 2.81. The molecule has 0 saturated carbocycles. The summed E-state index contributed by atoms with van der Waals surface area (Å²) in [4.78, 5) is 38.4. The molecule has 4 rings (SSSR count). The summed E-state index contributed by atoms with van der Waals surface area (Å²) in [5.41, 5.74) is 6.99. The maximum atomic E-state index is 12.5. The Hall–Kier alpha value is -3.33. The number of aromatic nitrogens is 4. The van der Waals surface area contributed by atoms with Gasteiger partial charge in [0.05, 0.1) is 17.2 Å². The minimum Gasteiger partial charge on any atom is -0.453 e. The van der Waals surface area contributed by atoms with E-state index in [0.29, 0.717) is 37.8 Å². The van der Waals surface area contributed by atoms with Gasteiger partial charge in [-0.2, -0.15) is 0 Å². The van der Waals surface area contributed by atoms with Gasteiger partial charge in [-0.15, -0.1) is 11.3 Å². The first-order chi connectivity index (χ1) is 13.0. The predicted molar refractivity (Wildman–Crippen MR) is 103 cm³/mol. The van der Waals surface area contributed by atoms with Crippen molar-refractivity contribution in [2.45, 2.75) is 13.5 Å². The number of hydrogen-bond acceptors (Lipinski definition) is 8. The number of esters is 1. The number of nitrogens with zero attached hydrogens (tertiary/aromatic N) is 4. The topological polar surface area (TPSA) is 113 Å². The summed E-state index contributed by atoms with van der Waals surface area (Å²) in [7, 11) is 1.62. The number of benzene rings is 1. The van der Waals surface area contributed by atoms with Gasteiger partial charge in [0, 0.05) is 12.4 Å². The van der Waals surface area contributed by atoms with Gasteiger partial charge in [0.25, 0.3) is 5.56 Å². The van der Waals surface area contributed by atoms with E-state index in [-0.39, 0.29) is 12.2 Å². The van der Waals surface area contributed by atoms with Crippen LogP contribution in [0.2, 0.25) is 0 Å². The molecular weight excluding hydrogens is 366 g/mol. The molecule has 3 aromatic heterocycles. The van der Waals surface area contributed by atoms with Crippen molar-refractivity contribution in [2.75, 3.05) is 5.73 Å². The number of nitrogen functional groups attached to an aromatic ring is 1. The van der Waals surface area contributed by atoms with Crippen molar-refractivity contribution >= 4 is 44.2 Å². The number of aryl methyl sites for hydroxylation is 2. The van der Waals surface area contributed by atoms with Crippen LogP contribution in [0.1, 0.15) is 21.1 Å². The number of thiophene rings is 1. The van der Waals surface area contributed by atoms with Crippen molar-refractivity contribution in [1.82, 2.24) is 19.5 Å². The third-order valence-electron chi connectivity index (χ3n) is 4.21. The van der Waals surface area contributed by atoms with Gasteiger partial charge in [0.2, 0.25) is 0 Å². The fourth-order valence-corrected chi connectivity index (χ4v) is 3.85. The van der Waals surface area contributed by atoms with E-state index >= 15 is 0 Å². The van der Waals surface area contributed by atoms with Gasteiger partial charge >= 0.3 is 5.97 Å². The molecule has 9 heteroatoms. The number of hydrogen-bond donors (Lipinski definition) is 1. The Bertz CT molecular complexity index is 1260. The van der Waals surface area contributed by atoms with E-state index in [1.54, 1.807) is 14.0 Å². The molecular formula is C18H15N5O3S. The molecule has 4 aromatic rings. The van der Waals surface area contributed by atoms with Gasteiger partial charge in [-0.25, -0.2) is 19.7 Å². The molecule has 2 N–H and O–H groups in total. The van der Waals surface area contributed by atoms with E-state index in [9.17, 15) is 9.59 Å². The highest BCUT2D eigenvalue weighted by molar-refractivity contribution is 7.20. The number of rotatable bonds is 3. The first-order valence-electron chi connectivity index (χ1n) is 8.08. The fraction of sp³-hybridized carbons (Fsp3) is 0.167. The Balaban J connectivity index is 1.62. The second-order valence-corrected chi connectivity index (χ2v) is 7.01. The molecule has 0 unspecified atom stereocenters. The predicted octanol–water partition coefficient (Wildman–Crippen LogP) is 2.19. The van der Waals surface area contributed by atoms with Crippen LogP contribution in [-0.2, 0) is 18.4 Å². The summed E-state index contributed by atoms with van der Waals surface area (Å²) in [6.45, 7) is 1.59. The van der Waals surface area contributed by atoms with Crippen molar-refractivity contribution in [3.05, 3.63) is 57.2 Å². The summed E-state index contributed by atoms with van der Waals surface area (Å²) in [6, 6.07) is 7.34. The second-order valence-electron chi connectivity index (χ2n) is 6.02. The van der Waals surface area contributed by atoms with Crippen LogP contribution >= 0.6 is 11.3 Å². The monoisotopic (exact) mass is 381 g/mol. The zero-order valence-corrected chi connectivity index (χ0v) is 15.4. The largest absolute Gasteiger partial charge is 0.453 e. The zero-order chi connectivity index (χ0) is 19.1. The second kappa shape index (κ2) is 6.44. The number of para-hydroxylation sites is 1. The number of fused-ring (bicyclic) bond motifs is 2. The average Bonchev–Trinajstić information content (AvgIpc) is 3.00. The van der Waals surface area contributed by atoms with Crippen molar-refractivity contribution < 1.29 is 9.53 Å². The number of anilines is 1. The minimum absolute atomic E-state index is 0.118. The molecule has 0 radical (unpaired) electrons. The quantitative estimate of drug-likeness (QED) is 0.541. The first-order valence-corrected chi connectivity index (χ1v) is 8.90. The first kappa shape index (κ1) is 17.1. The molecule has 0 aliphatic heterocycles. The number of carbonyl (C=O) groups excluding carboxylic acids is 1. The molecule has 0 fully saturated rings. The summed E-state index contributed by atoms with van der Waals surface area (Å²) in [5, 5.41) is 1.18. The highest BCUT2D eigenvalue weighted by Crippen LogP contribution is 2.27.